The van der Waals surface area contributed by atoms with Crippen molar-refractivity contribution in [3.63, 3.8) is 0 Å². The molecule has 0 heterocycles. The van der Waals surface area contributed by atoms with E-state index in [0.717, 1.165) is 11.1 Å². The van der Waals surface area contributed by atoms with Crippen molar-refractivity contribution in [2.45, 2.75) is 11.8 Å². The highest BCUT2D eigenvalue weighted by molar-refractivity contribution is 7.90. The fraction of sp³-hybridized carbons (Fsp3) is 0.188. The van der Waals surface area contributed by atoms with Crippen LogP contribution < -0.4 is 0 Å². The number of aryl methyl sites for hydroxylation is 1. The predicted octanol–water partition coefficient (Wildman–Crippen LogP) is 2.69. The molecule has 0 unspecified atom stereocenters. The second kappa shape index (κ2) is 6.10. The SMILES string of the molecule is Cc1ccc(S(=O)(=O)/N=C(/c2ccccc2)N(C)C)cc1. The summed E-state index contributed by atoms with van der Waals surface area (Å²) in [5.41, 5.74) is 1.77. The molecule has 0 aliphatic heterocycles. The van der Waals surface area contributed by atoms with E-state index in [1.807, 2.05) is 37.3 Å². The average molecular weight is 302 g/mol. The molecule has 0 saturated heterocycles. The summed E-state index contributed by atoms with van der Waals surface area (Å²) in [4.78, 5) is 1.89. The van der Waals surface area contributed by atoms with Crippen LogP contribution in [0.2, 0.25) is 0 Å². The second-order valence-electron chi connectivity index (χ2n) is 4.96. The minimum atomic E-state index is -3.72. The second-order valence-corrected chi connectivity index (χ2v) is 6.57. The molecule has 21 heavy (non-hydrogen) atoms. The number of rotatable bonds is 3. The van der Waals surface area contributed by atoms with E-state index in [4.69, 9.17) is 0 Å². The van der Waals surface area contributed by atoms with Crippen LogP contribution >= 0.6 is 0 Å². The molecule has 5 heteroatoms. The first-order valence-electron chi connectivity index (χ1n) is 6.54. The maximum Gasteiger partial charge on any atom is 0.284 e. The van der Waals surface area contributed by atoms with E-state index in [0.29, 0.717) is 5.84 Å². The van der Waals surface area contributed by atoms with Gasteiger partial charge in [0.1, 0.15) is 5.84 Å². The molecule has 0 amide bonds. The fourth-order valence-electron chi connectivity index (χ4n) is 1.86. The zero-order valence-corrected chi connectivity index (χ0v) is 13.1. The van der Waals surface area contributed by atoms with Gasteiger partial charge in [-0.2, -0.15) is 8.42 Å². The molecule has 2 aromatic rings. The van der Waals surface area contributed by atoms with Gasteiger partial charge in [-0.1, -0.05) is 48.0 Å². The van der Waals surface area contributed by atoms with Crippen molar-refractivity contribution >= 4 is 15.9 Å². The van der Waals surface area contributed by atoms with Gasteiger partial charge < -0.3 is 4.90 Å². The zero-order chi connectivity index (χ0) is 15.5. The number of sulfonamides is 1. The summed E-state index contributed by atoms with van der Waals surface area (Å²) in [7, 11) is -0.175. The van der Waals surface area contributed by atoms with E-state index >= 15 is 0 Å². The van der Waals surface area contributed by atoms with Gasteiger partial charge in [-0.15, -0.1) is 4.40 Å². The first kappa shape index (κ1) is 15.3. The molecule has 110 valence electrons. The van der Waals surface area contributed by atoms with Gasteiger partial charge in [0.15, 0.2) is 0 Å². The largest absolute Gasteiger partial charge is 0.362 e. The Kier molecular flexibility index (Phi) is 4.43. The third-order valence-electron chi connectivity index (χ3n) is 2.98. The number of nitrogens with zero attached hydrogens (tertiary/aromatic N) is 2. The van der Waals surface area contributed by atoms with Gasteiger partial charge in [-0.3, -0.25) is 0 Å². The Morgan fingerprint density at radius 2 is 1.52 bits per heavy atom. The number of hydrogen-bond acceptors (Lipinski definition) is 2. The Morgan fingerprint density at radius 1 is 0.952 bits per heavy atom. The lowest BCUT2D eigenvalue weighted by molar-refractivity contribution is 0.592. The Morgan fingerprint density at radius 3 is 2.05 bits per heavy atom. The average Bonchev–Trinajstić information content (AvgIpc) is 2.46. The highest BCUT2D eigenvalue weighted by Crippen LogP contribution is 2.15. The van der Waals surface area contributed by atoms with Crippen molar-refractivity contribution in [1.82, 2.24) is 4.90 Å². The summed E-state index contributed by atoms with van der Waals surface area (Å²) >= 11 is 0. The first-order valence-corrected chi connectivity index (χ1v) is 7.98. The van der Waals surface area contributed by atoms with E-state index in [1.165, 1.54) is 0 Å². The van der Waals surface area contributed by atoms with Crippen LogP contribution in [0.3, 0.4) is 0 Å². The van der Waals surface area contributed by atoms with Gasteiger partial charge in [-0.05, 0) is 19.1 Å². The van der Waals surface area contributed by atoms with Crippen molar-refractivity contribution in [1.29, 1.82) is 0 Å². The normalized spacial score (nSPS) is 12.2. The summed E-state index contributed by atoms with van der Waals surface area (Å²) < 4.78 is 28.8. The zero-order valence-electron chi connectivity index (χ0n) is 12.3. The number of benzene rings is 2. The Hall–Kier alpha value is -2.14. The third kappa shape index (κ3) is 3.70. The molecule has 4 nitrogen and oxygen atoms in total. The molecule has 0 radical (unpaired) electrons. The Bertz CT molecular complexity index is 734. The van der Waals surface area contributed by atoms with E-state index in [2.05, 4.69) is 4.40 Å². The van der Waals surface area contributed by atoms with Gasteiger partial charge >= 0.3 is 0 Å². The summed E-state index contributed by atoms with van der Waals surface area (Å²) in [6.07, 6.45) is 0. The highest BCUT2D eigenvalue weighted by atomic mass is 32.2. The summed E-state index contributed by atoms with van der Waals surface area (Å²) in [6.45, 7) is 1.91. The van der Waals surface area contributed by atoms with Crippen LogP contribution in [-0.4, -0.2) is 33.2 Å². The van der Waals surface area contributed by atoms with Gasteiger partial charge in [-0.25, -0.2) is 0 Å². The monoisotopic (exact) mass is 302 g/mol. The highest BCUT2D eigenvalue weighted by Gasteiger charge is 2.16. The topological polar surface area (TPSA) is 49.7 Å². The third-order valence-corrected chi connectivity index (χ3v) is 4.26. The molecule has 0 N–H and O–H groups in total. The van der Waals surface area contributed by atoms with Crippen LogP contribution in [0.1, 0.15) is 11.1 Å². The molecule has 0 aliphatic carbocycles. The summed E-state index contributed by atoms with van der Waals surface area (Å²) in [5.74, 6) is 0.413. The molecule has 0 saturated carbocycles. The van der Waals surface area contributed by atoms with Crippen molar-refractivity contribution < 1.29 is 8.42 Å². The molecule has 0 fully saturated rings. The molecule has 2 rings (SSSR count). The minimum Gasteiger partial charge on any atom is -0.362 e. The van der Waals surface area contributed by atoms with Crippen molar-refractivity contribution in [2.75, 3.05) is 14.1 Å². The molecule has 0 atom stereocenters. The van der Waals surface area contributed by atoms with Crippen molar-refractivity contribution in [2.24, 2.45) is 4.40 Å². The number of hydrogen-bond donors (Lipinski definition) is 0. The predicted molar refractivity (Wildman–Crippen MR) is 85.0 cm³/mol. The lowest BCUT2D eigenvalue weighted by Gasteiger charge is -2.15. The van der Waals surface area contributed by atoms with Crippen molar-refractivity contribution in [3.8, 4) is 0 Å². The van der Waals surface area contributed by atoms with Crippen LogP contribution in [0.4, 0.5) is 0 Å². The molecular weight excluding hydrogens is 284 g/mol. The van der Waals surface area contributed by atoms with E-state index in [-0.39, 0.29) is 4.90 Å². The molecule has 0 aromatic heterocycles. The number of amidine groups is 1. The summed E-state index contributed by atoms with van der Waals surface area (Å²) in [6, 6.07) is 15.9. The maximum atomic E-state index is 12.4. The van der Waals surface area contributed by atoms with E-state index in [9.17, 15) is 8.42 Å². The standard InChI is InChI=1S/C16H18N2O2S/c1-13-9-11-15(12-10-13)21(19,20)17-16(18(2)3)14-7-5-4-6-8-14/h4-12H,1-3H3/b17-16-. The van der Waals surface area contributed by atoms with Crippen LogP contribution in [-0.2, 0) is 10.0 Å². The first-order chi connectivity index (χ1) is 9.90. The van der Waals surface area contributed by atoms with E-state index in [1.54, 1.807) is 43.3 Å². The molecular formula is C16H18N2O2S. The Balaban J connectivity index is 2.49. The molecule has 0 bridgehead atoms. The van der Waals surface area contributed by atoms with Gasteiger partial charge in [0.25, 0.3) is 10.0 Å². The van der Waals surface area contributed by atoms with Crippen LogP contribution in [0.15, 0.2) is 63.9 Å². The van der Waals surface area contributed by atoms with Crippen molar-refractivity contribution in [3.05, 3.63) is 65.7 Å². The fourth-order valence-corrected chi connectivity index (χ4v) is 2.94. The lowest BCUT2D eigenvalue weighted by Crippen LogP contribution is -2.24. The summed E-state index contributed by atoms with van der Waals surface area (Å²) in [5, 5.41) is 0. The van der Waals surface area contributed by atoms with Crippen LogP contribution in [0.5, 0.6) is 0 Å². The van der Waals surface area contributed by atoms with Gasteiger partial charge in [0.05, 0.1) is 4.90 Å². The van der Waals surface area contributed by atoms with Crippen LogP contribution in [0.25, 0.3) is 0 Å². The maximum absolute atomic E-state index is 12.4. The van der Waals surface area contributed by atoms with E-state index < -0.39 is 10.0 Å². The molecule has 0 spiro atoms. The quantitative estimate of drug-likeness (QED) is 0.647. The van der Waals surface area contributed by atoms with Crippen LogP contribution in [0, 0.1) is 6.92 Å². The lowest BCUT2D eigenvalue weighted by atomic mass is 10.2. The minimum absolute atomic E-state index is 0.198. The molecule has 2 aromatic carbocycles. The smallest absolute Gasteiger partial charge is 0.284 e. The van der Waals surface area contributed by atoms with Gasteiger partial charge in [0.2, 0.25) is 0 Å². The van der Waals surface area contributed by atoms with Gasteiger partial charge in [0, 0.05) is 19.7 Å². The molecule has 0 aliphatic rings. The Labute approximate surface area is 125 Å².